The number of amides is 3. The second-order valence-electron chi connectivity index (χ2n) is 8.35. The summed E-state index contributed by atoms with van der Waals surface area (Å²) in [6.07, 6.45) is 7.34. The van der Waals surface area contributed by atoms with Crippen LogP contribution in [0.2, 0.25) is 0 Å². The molecule has 168 valence electrons. The van der Waals surface area contributed by atoms with Crippen molar-refractivity contribution < 1.29 is 14.4 Å². The van der Waals surface area contributed by atoms with Crippen molar-refractivity contribution in [1.29, 1.82) is 0 Å². The third-order valence-electron chi connectivity index (χ3n) is 5.46. The van der Waals surface area contributed by atoms with E-state index in [-0.39, 0.29) is 17.1 Å². The summed E-state index contributed by atoms with van der Waals surface area (Å²) in [6, 6.07) is -0.792. The van der Waals surface area contributed by atoms with Gasteiger partial charge in [-0.25, -0.2) is 4.79 Å². The molecule has 1 atom stereocenters. The molecule has 3 amide bonds. The van der Waals surface area contributed by atoms with E-state index < -0.39 is 6.04 Å². The number of thioether (sulfide) groups is 1. The van der Waals surface area contributed by atoms with Gasteiger partial charge in [0.2, 0.25) is 5.91 Å². The Kier molecular flexibility index (Phi) is 12.3. The van der Waals surface area contributed by atoms with Crippen LogP contribution < -0.4 is 5.32 Å². The van der Waals surface area contributed by atoms with Crippen LogP contribution in [0, 0.1) is 5.92 Å². The van der Waals surface area contributed by atoms with Gasteiger partial charge in [0.15, 0.2) is 5.12 Å². The van der Waals surface area contributed by atoms with Crippen molar-refractivity contribution >= 4 is 28.8 Å². The number of hydrogen-bond acceptors (Lipinski definition) is 5. The summed E-state index contributed by atoms with van der Waals surface area (Å²) < 4.78 is 0. The Morgan fingerprint density at radius 1 is 1.00 bits per heavy atom. The number of likely N-dealkylation sites (N-methyl/N-ethyl adjacent to an activating group) is 2. The molecule has 1 aliphatic carbocycles. The highest BCUT2D eigenvalue weighted by atomic mass is 32.2. The van der Waals surface area contributed by atoms with Crippen molar-refractivity contribution in [1.82, 2.24) is 20.0 Å². The lowest BCUT2D eigenvalue weighted by Gasteiger charge is -2.29. The van der Waals surface area contributed by atoms with Crippen molar-refractivity contribution in [3.05, 3.63) is 0 Å². The molecule has 1 rings (SSSR count). The van der Waals surface area contributed by atoms with Gasteiger partial charge in [0.05, 0.1) is 0 Å². The highest BCUT2D eigenvalue weighted by Crippen LogP contribution is 2.26. The largest absolute Gasteiger partial charge is 0.343 e. The van der Waals surface area contributed by atoms with Crippen LogP contribution >= 0.6 is 11.8 Å². The molecule has 0 aliphatic heterocycles. The van der Waals surface area contributed by atoms with E-state index in [1.54, 1.807) is 30.7 Å². The minimum atomic E-state index is -0.577. The minimum absolute atomic E-state index is 0.0590. The molecule has 0 radical (unpaired) electrons. The fraction of sp³-hybridized carbons (Fsp3) is 0.857. The van der Waals surface area contributed by atoms with Crippen molar-refractivity contribution in [3.63, 3.8) is 0 Å². The summed E-state index contributed by atoms with van der Waals surface area (Å²) in [7, 11) is 5.69. The van der Waals surface area contributed by atoms with Crippen molar-refractivity contribution in [3.8, 4) is 0 Å². The van der Waals surface area contributed by atoms with E-state index >= 15 is 0 Å². The van der Waals surface area contributed by atoms with E-state index in [0.29, 0.717) is 31.3 Å². The van der Waals surface area contributed by atoms with Gasteiger partial charge in [0.1, 0.15) is 6.04 Å². The highest BCUT2D eigenvalue weighted by molar-refractivity contribution is 8.13. The molecule has 0 aromatic heterocycles. The van der Waals surface area contributed by atoms with Crippen molar-refractivity contribution in [2.24, 2.45) is 5.92 Å². The summed E-state index contributed by atoms with van der Waals surface area (Å²) in [6.45, 7) is 5.86. The molecule has 0 aromatic carbocycles. The van der Waals surface area contributed by atoms with Crippen LogP contribution in [-0.4, -0.2) is 90.9 Å². The Morgan fingerprint density at radius 2 is 1.66 bits per heavy atom. The highest BCUT2D eigenvalue weighted by Gasteiger charge is 2.23. The number of rotatable bonds is 11. The van der Waals surface area contributed by atoms with Gasteiger partial charge in [-0.3, -0.25) is 9.59 Å². The Balaban J connectivity index is 2.57. The summed E-state index contributed by atoms with van der Waals surface area (Å²) in [4.78, 5) is 42.1. The number of carbonyl (C=O) groups excluding carboxylic acids is 3. The van der Waals surface area contributed by atoms with Gasteiger partial charge in [-0.15, -0.1) is 0 Å². The van der Waals surface area contributed by atoms with E-state index in [1.807, 2.05) is 19.0 Å². The Labute approximate surface area is 180 Å². The van der Waals surface area contributed by atoms with Crippen molar-refractivity contribution in [2.75, 3.05) is 53.1 Å². The van der Waals surface area contributed by atoms with Crippen LogP contribution in [0.3, 0.4) is 0 Å². The molecule has 0 aromatic rings. The molecule has 1 aliphatic rings. The fourth-order valence-electron chi connectivity index (χ4n) is 3.56. The van der Waals surface area contributed by atoms with Gasteiger partial charge in [-0.05, 0) is 33.4 Å². The average molecular weight is 429 g/mol. The SMILES string of the molecule is CC(=O)SCCN(CCC1CCCCC1)C(=O)NC(C)C(=O)N(C)CCN(C)C. The number of nitrogens with one attached hydrogen (secondary N) is 1. The molecule has 1 unspecified atom stereocenters. The van der Waals surface area contributed by atoms with E-state index in [9.17, 15) is 14.4 Å². The summed E-state index contributed by atoms with van der Waals surface area (Å²) in [5, 5.41) is 2.92. The molecule has 8 heteroatoms. The first-order chi connectivity index (χ1) is 13.7. The zero-order valence-corrected chi connectivity index (χ0v) is 19.7. The molecule has 0 bridgehead atoms. The Morgan fingerprint density at radius 3 is 2.24 bits per heavy atom. The lowest BCUT2D eigenvalue weighted by atomic mass is 9.87. The topological polar surface area (TPSA) is 73.0 Å². The first kappa shape index (κ1) is 25.8. The van der Waals surface area contributed by atoms with Gasteiger partial charge in [0.25, 0.3) is 0 Å². The number of urea groups is 1. The number of hydrogen-bond donors (Lipinski definition) is 1. The second kappa shape index (κ2) is 13.9. The summed E-state index contributed by atoms with van der Waals surface area (Å²) in [5.74, 6) is 1.17. The van der Waals surface area contributed by atoms with Gasteiger partial charge in [0, 0.05) is 45.9 Å². The summed E-state index contributed by atoms with van der Waals surface area (Å²) in [5.41, 5.74) is 0. The van der Waals surface area contributed by atoms with E-state index in [1.165, 1.54) is 43.9 Å². The zero-order valence-electron chi connectivity index (χ0n) is 18.9. The summed E-state index contributed by atoms with van der Waals surface area (Å²) >= 11 is 1.24. The predicted octanol–water partition coefficient (Wildman–Crippen LogP) is 2.66. The molecule has 1 fully saturated rings. The van der Waals surface area contributed by atoms with E-state index in [0.717, 1.165) is 13.0 Å². The standard InChI is InChI=1S/C21H40N4O3S/c1-17(20(27)24(5)14-13-23(3)4)22-21(28)25(15-16-29-18(2)26)12-11-19-9-7-6-8-10-19/h17,19H,6-16H2,1-5H3,(H,22,28). The Bertz CT molecular complexity index is 524. The number of carbonyl (C=O) groups is 3. The lowest BCUT2D eigenvalue weighted by Crippen LogP contribution is -2.51. The van der Waals surface area contributed by atoms with Crippen LogP contribution in [0.5, 0.6) is 0 Å². The fourth-order valence-corrected chi connectivity index (χ4v) is 4.16. The average Bonchev–Trinajstić information content (AvgIpc) is 2.68. The van der Waals surface area contributed by atoms with Gasteiger partial charge < -0.3 is 20.0 Å². The Hall–Kier alpha value is -1.28. The smallest absolute Gasteiger partial charge is 0.318 e. The van der Waals surface area contributed by atoms with Crippen molar-refractivity contribution in [2.45, 2.75) is 58.4 Å². The van der Waals surface area contributed by atoms with Gasteiger partial charge in [-0.2, -0.15) is 0 Å². The molecule has 29 heavy (non-hydrogen) atoms. The zero-order chi connectivity index (χ0) is 21.8. The van der Waals surface area contributed by atoms with Gasteiger partial charge >= 0.3 is 6.03 Å². The molecule has 0 spiro atoms. The maximum absolute atomic E-state index is 12.8. The monoisotopic (exact) mass is 428 g/mol. The molecule has 1 saturated carbocycles. The molecular formula is C21H40N4O3S. The van der Waals surface area contributed by atoms with Crippen LogP contribution in [0.15, 0.2) is 0 Å². The molecular weight excluding hydrogens is 388 g/mol. The second-order valence-corrected chi connectivity index (χ2v) is 9.63. The van der Waals surface area contributed by atoms with Crippen LogP contribution in [-0.2, 0) is 9.59 Å². The van der Waals surface area contributed by atoms with E-state index in [4.69, 9.17) is 0 Å². The first-order valence-electron chi connectivity index (χ1n) is 10.8. The third-order valence-corrected chi connectivity index (χ3v) is 6.25. The molecule has 1 N–H and O–H groups in total. The number of nitrogens with zero attached hydrogens (tertiary/aromatic N) is 3. The minimum Gasteiger partial charge on any atom is -0.343 e. The van der Waals surface area contributed by atoms with Crippen LogP contribution in [0.1, 0.15) is 52.4 Å². The van der Waals surface area contributed by atoms with Gasteiger partial charge in [-0.1, -0.05) is 43.9 Å². The lowest BCUT2D eigenvalue weighted by molar-refractivity contribution is -0.131. The maximum atomic E-state index is 12.8. The maximum Gasteiger partial charge on any atom is 0.318 e. The molecule has 0 heterocycles. The van der Waals surface area contributed by atoms with Crippen LogP contribution in [0.4, 0.5) is 4.79 Å². The first-order valence-corrected chi connectivity index (χ1v) is 11.8. The third kappa shape index (κ3) is 10.9. The van der Waals surface area contributed by atoms with E-state index in [2.05, 4.69) is 5.32 Å². The molecule has 7 nitrogen and oxygen atoms in total. The predicted molar refractivity (Wildman–Crippen MR) is 120 cm³/mol. The normalized spacial score (nSPS) is 15.8. The van der Waals surface area contributed by atoms with Crippen LogP contribution in [0.25, 0.3) is 0 Å². The molecule has 0 saturated heterocycles. The quantitative estimate of drug-likeness (QED) is 0.548.